The Morgan fingerprint density at radius 2 is 1.60 bits per heavy atom. The molecule has 2 rings (SSSR count). The Kier molecular flexibility index (Phi) is 4.85. The van der Waals surface area contributed by atoms with Crippen LogP contribution in [0.25, 0.3) is 0 Å². The van der Waals surface area contributed by atoms with E-state index in [4.69, 9.17) is 5.73 Å². The molecule has 0 radical (unpaired) electrons. The Morgan fingerprint density at radius 3 is 2.20 bits per heavy atom. The summed E-state index contributed by atoms with van der Waals surface area (Å²) in [7, 11) is 0. The second kappa shape index (κ2) is 6.82. The minimum absolute atomic E-state index is 0.145. The summed E-state index contributed by atoms with van der Waals surface area (Å²) in [5, 5.41) is 2.80. The van der Waals surface area contributed by atoms with E-state index in [-0.39, 0.29) is 11.7 Å². The summed E-state index contributed by atoms with van der Waals surface area (Å²) < 4.78 is 12.8. The van der Waals surface area contributed by atoms with Gasteiger partial charge in [0.25, 0.3) is 5.91 Å². The lowest BCUT2D eigenvalue weighted by Crippen LogP contribution is -2.22. The smallest absolute Gasteiger partial charge is 0.251 e. The molecule has 3 nitrogen and oxygen atoms in total. The molecule has 0 heterocycles. The van der Waals surface area contributed by atoms with Crippen molar-refractivity contribution in [3.63, 3.8) is 0 Å². The minimum Gasteiger partial charge on any atom is -0.348 e. The van der Waals surface area contributed by atoms with Crippen LogP contribution in [-0.4, -0.2) is 12.5 Å². The molecule has 0 aliphatic rings. The van der Waals surface area contributed by atoms with Crippen molar-refractivity contribution in [1.29, 1.82) is 0 Å². The first kappa shape index (κ1) is 14.2. The zero-order chi connectivity index (χ0) is 14.4. The van der Waals surface area contributed by atoms with Gasteiger partial charge in [-0.3, -0.25) is 4.79 Å². The van der Waals surface area contributed by atoms with Crippen LogP contribution >= 0.6 is 0 Å². The van der Waals surface area contributed by atoms with Gasteiger partial charge in [0.1, 0.15) is 5.82 Å². The predicted octanol–water partition coefficient (Wildman–Crippen LogP) is 2.26. The first-order chi connectivity index (χ1) is 9.69. The number of nitrogens with one attached hydrogen (secondary N) is 1. The van der Waals surface area contributed by atoms with Gasteiger partial charge < -0.3 is 11.1 Å². The first-order valence-electron chi connectivity index (χ1n) is 6.50. The number of rotatable bonds is 5. The van der Waals surface area contributed by atoms with Crippen LogP contribution in [0.4, 0.5) is 4.39 Å². The summed E-state index contributed by atoms with van der Waals surface area (Å²) in [6.07, 6.45) is 0.803. The van der Waals surface area contributed by atoms with Gasteiger partial charge in [0.15, 0.2) is 0 Å². The van der Waals surface area contributed by atoms with Crippen LogP contribution in [0.1, 0.15) is 21.5 Å². The number of amides is 1. The molecule has 2 aromatic rings. The van der Waals surface area contributed by atoms with Crippen molar-refractivity contribution < 1.29 is 9.18 Å². The normalized spacial score (nSPS) is 10.3. The van der Waals surface area contributed by atoms with E-state index in [1.54, 1.807) is 24.3 Å². The van der Waals surface area contributed by atoms with Crippen molar-refractivity contribution in [3.05, 3.63) is 71.0 Å². The molecular formula is C16H17FN2O. The maximum absolute atomic E-state index is 12.8. The van der Waals surface area contributed by atoms with Crippen LogP contribution in [0.5, 0.6) is 0 Å². The standard InChI is InChI=1S/C16H17FN2O/c17-15-7-3-13(4-8-15)11-19-16(20)14-5-1-12(2-6-14)9-10-18/h1-8H,9-11,18H2,(H,19,20). The van der Waals surface area contributed by atoms with Gasteiger partial charge in [0.2, 0.25) is 0 Å². The molecule has 0 saturated heterocycles. The molecule has 0 bridgehead atoms. The van der Waals surface area contributed by atoms with Gasteiger partial charge in [0, 0.05) is 12.1 Å². The number of halogens is 1. The van der Waals surface area contributed by atoms with Crippen LogP contribution in [-0.2, 0) is 13.0 Å². The molecule has 4 heteroatoms. The Labute approximate surface area is 117 Å². The molecular weight excluding hydrogens is 255 g/mol. The fourth-order valence-corrected chi connectivity index (χ4v) is 1.88. The van der Waals surface area contributed by atoms with Crippen molar-refractivity contribution >= 4 is 5.91 Å². The van der Waals surface area contributed by atoms with E-state index in [2.05, 4.69) is 5.32 Å². The third-order valence-electron chi connectivity index (χ3n) is 3.02. The van der Waals surface area contributed by atoms with E-state index in [0.717, 1.165) is 17.5 Å². The van der Waals surface area contributed by atoms with Gasteiger partial charge in [-0.1, -0.05) is 24.3 Å². The molecule has 3 N–H and O–H groups in total. The highest BCUT2D eigenvalue weighted by Crippen LogP contribution is 2.06. The fourth-order valence-electron chi connectivity index (χ4n) is 1.88. The van der Waals surface area contributed by atoms with Crippen LogP contribution in [0.3, 0.4) is 0 Å². The Balaban J connectivity index is 1.92. The highest BCUT2D eigenvalue weighted by atomic mass is 19.1. The van der Waals surface area contributed by atoms with Crippen LogP contribution in [0, 0.1) is 5.82 Å². The van der Waals surface area contributed by atoms with Gasteiger partial charge in [-0.2, -0.15) is 0 Å². The van der Waals surface area contributed by atoms with Gasteiger partial charge in [-0.15, -0.1) is 0 Å². The summed E-state index contributed by atoms with van der Waals surface area (Å²) >= 11 is 0. The molecule has 20 heavy (non-hydrogen) atoms. The number of carbonyl (C=O) groups excluding carboxylic acids is 1. The van der Waals surface area contributed by atoms with E-state index in [9.17, 15) is 9.18 Å². The van der Waals surface area contributed by atoms with Crippen molar-refractivity contribution in [2.45, 2.75) is 13.0 Å². The third kappa shape index (κ3) is 3.90. The van der Waals surface area contributed by atoms with E-state index in [1.165, 1.54) is 12.1 Å². The van der Waals surface area contributed by atoms with Crippen molar-refractivity contribution in [1.82, 2.24) is 5.32 Å². The lowest BCUT2D eigenvalue weighted by Gasteiger charge is -2.06. The van der Waals surface area contributed by atoms with Crippen LogP contribution in [0.15, 0.2) is 48.5 Å². The topological polar surface area (TPSA) is 55.1 Å². The number of hydrogen-bond donors (Lipinski definition) is 2. The van der Waals surface area contributed by atoms with Crippen molar-refractivity contribution in [2.24, 2.45) is 5.73 Å². The zero-order valence-electron chi connectivity index (χ0n) is 11.1. The molecule has 0 atom stereocenters. The van der Waals surface area contributed by atoms with E-state index in [1.807, 2.05) is 12.1 Å². The highest BCUT2D eigenvalue weighted by molar-refractivity contribution is 5.94. The first-order valence-corrected chi connectivity index (χ1v) is 6.50. The summed E-state index contributed by atoms with van der Waals surface area (Å²) in [4.78, 5) is 11.9. The molecule has 0 aromatic heterocycles. The maximum atomic E-state index is 12.8. The zero-order valence-corrected chi connectivity index (χ0v) is 11.1. The Bertz CT molecular complexity index is 564. The Morgan fingerprint density at radius 1 is 1.00 bits per heavy atom. The molecule has 0 unspecified atom stereocenters. The lowest BCUT2D eigenvalue weighted by atomic mass is 10.1. The van der Waals surface area contributed by atoms with Crippen molar-refractivity contribution in [2.75, 3.05) is 6.54 Å². The van der Waals surface area contributed by atoms with E-state index in [0.29, 0.717) is 18.7 Å². The second-order valence-electron chi connectivity index (χ2n) is 4.54. The summed E-state index contributed by atoms with van der Waals surface area (Å²) in [6, 6.07) is 13.4. The molecule has 104 valence electrons. The average molecular weight is 272 g/mol. The lowest BCUT2D eigenvalue weighted by molar-refractivity contribution is 0.0951. The number of hydrogen-bond acceptors (Lipinski definition) is 2. The Hall–Kier alpha value is -2.20. The third-order valence-corrected chi connectivity index (χ3v) is 3.02. The summed E-state index contributed by atoms with van der Waals surface area (Å²) in [5.74, 6) is -0.427. The molecule has 0 saturated carbocycles. The average Bonchev–Trinajstić information content (AvgIpc) is 2.47. The van der Waals surface area contributed by atoms with Crippen LogP contribution in [0.2, 0.25) is 0 Å². The second-order valence-corrected chi connectivity index (χ2v) is 4.54. The monoisotopic (exact) mass is 272 g/mol. The van der Waals surface area contributed by atoms with Crippen molar-refractivity contribution in [3.8, 4) is 0 Å². The van der Waals surface area contributed by atoms with Gasteiger partial charge in [0.05, 0.1) is 0 Å². The molecule has 1 amide bonds. The maximum Gasteiger partial charge on any atom is 0.251 e. The van der Waals surface area contributed by atoms with Gasteiger partial charge in [-0.25, -0.2) is 4.39 Å². The number of benzene rings is 2. The SMILES string of the molecule is NCCc1ccc(C(=O)NCc2ccc(F)cc2)cc1. The largest absolute Gasteiger partial charge is 0.348 e. The summed E-state index contributed by atoms with van der Waals surface area (Å²) in [6.45, 7) is 0.972. The van der Waals surface area contributed by atoms with Crippen LogP contribution < -0.4 is 11.1 Å². The molecule has 0 aliphatic heterocycles. The van der Waals surface area contributed by atoms with E-state index < -0.39 is 0 Å². The highest BCUT2D eigenvalue weighted by Gasteiger charge is 2.05. The quantitative estimate of drug-likeness (QED) is 0.877. The minimum atomic E-state index is -0.282. The number of nitrogens with two attached hydrogens (primary N) is 1. The molecule has 2 aromatic carbocycles. The van der Waals surface area contributed by atoms with E-state index >= 15 is 0 Å². The molecule has 0 fully saturated rings. The summed E-state index contributed by atoms with van der Waals surface area (Å²) in [5.41, 5.74) is 8.05. The van der Waals surface area contributed by atoms with Gasteiger partial charge in [-0.05, 0) is 48.4 Å². The predicted molar refractivity (Wildman–Crippen MR) is 76.8 cm³/mol. The fraction of sp³-hybridized carbons (Fsp3) is 0.188. The van der Waals surface area contributed by atoms with Gasteiger partial charge >= 0.3 is 0 Å². The number of carbonyl (C=O) groups is 1. The molecule has 0 spiro atoms. The molecule has 0 aliphatic carbocycles.